The Morgan fingerprint density at radius 1 is 1.60 bits per heavy atom. The highest BCUT2D eigenvalue weighted by Crippen LogP contribution is 1.94. The molecule has 0 aromatic carbocycles. The molecule has 0 aliphatic rings. The maximum atomic E-state index is 9.65. The van der Waals surface area contributed by atoms with Gasteiger partial charge in [0.2, 0.25) is 0 Å². The SMILES string of the molecule is CCCCC=COC([O])=O. The lowest BCUT2D eigenvalue weighted by atomic mass is 10.2. The second-order valence-corrected chi connectivity index (χ2v) is 1.88. The zero-order chi connectivity index (χ0) is 7.82. The fourth-order valence-corrected chi connectivity index (χ4v) is 0.494. The summed E-state index contributed by atoms with van der Waals surface area (Å²) in [5.74, 6) is 0. The van der Waals surface area contributed by atoms with Gasteiger partial charge in [-0.25, -0.2) is 0 Å². The van der Waals surface area contributed by atoms with Crippen molar-refractivity contribution in [3.05, 3.63) is 12.3 Å². The molecule has 3 nitrogen and oxygen atoms in total. The maximum absolute atomic E-state index is 9.65. The number of unbranched alkanes of at least 4 members (excludes halogenated alkanes) is 2. The molecule has 0 atom stereocenters. The van der Waals surface area contributed by atoms with Crippen LogP contribution >= 0.6 is 0 Å². The van der Waals surface area contributed by atoms with Crippen molar-refractivity contribution >= 4 is 6.16 Å². The average molecular weight is 143 g/mol. The summed E-state index contributed by atoms with van der Waals surface area (Å²) >= 11 is 0. The lowest BCUT2D eigenvalue weighted by molar-refractivity contribution is 0.101. The minimum absolute atomic E-state index is 0.851. The van der Waals surface area contributed by atoms with Gasteiger partial charge in [0.15, 0.2) is 0 Å². The van der Waals surface area contributed by atoms with Gasteiger partial charge in [-0.05, 0) is 18.9 Å². The molecule has 0 saturated carbocycles. The van der Waals surface area contributed by atoms with E-state index in [-0.39, 0.29) is 0 Å². The summed E-state index contributed by atoms with van der Waals surface area (Å²) in [6.07, 6.45) is 4.30. The van der Waals surface area contributed by atoms with Crippen LogP contribution in [-0.4, -0.2) is 6.16 Å². The number of hydrogen-bond acceptors (Lipinski definition) is 2. The molecule has 3 heteroatoms. The topological polar surface area (TPSA) is 46.2 Å². The molecule has 0 aliphatic heterocycles. The van der Waals surface area contributed by atoms with E-state index in [2.05, 4.69) is 11.7 Å². The first-order valence-electron chi connectivity index (χ1n) is 3.30. The summed E-state index contributed by atoms with van der Waals surface area (Å²) in [4.78, 5) is 9.65. The maximum Gasteiger partial charge on any atom is 0.555 e. The van der Waals surface area contributed by atoms with Gasteiger partial charge < -0.3 is 4.74 Å². The highest BCUT2D eigenvalue weighted by molar-refractivity contribution is 5.57. The zero-order valence-corrected chi connectivity index (χ0v) is 6.00. The van der Waals surface area contributed by atoms with Gasteiger partial charge in [-0.2, -0.15) is 9.90 Å². The Bertz CT molecular complexity index is 118. The van der Waals surface area contributed by atoms with E-state index in [4.69, 9.17) is 0 Å². The number of ether oxygens (including phenoxy) is 1. The van der Waals surface area contributed by atoms with E-state index in [0.717, 1.165) is 25.5 Å². The largest absolute Gasteiger partial charge is 0.555 e. The number of hydrogen-bond donors (Lipinski definition) is 0. The Labute approximate surface area is 60.3 Å². The second kappa shape index (κ2) is 6.13. The molecule has 0 spiro atoms. The van der Waals surface area contributed by atoms with E-state index in [1.54, 1.807) is 6.08 Å². The van der Waals surface area contributed by atoms with Crippen molar-refractivity contribution in [1.82, 2.24) is 0 Å². The first kappa shape index (κ1) is 9.01. The fraction of sp³-hybridized carbons (Fsp3) is 0.571. The Balaban J connectivity index is 3.12. The van der Waals surface area contributed by atoms with Crippen LogP contribution in [0.5, 0.6) is 0 Å². The smallest absolute Gasteiger partial charge is 0.401 e. The van der Waals surface area contributed by atoms with Crippen molar-refractivity contribution in [3.8, 4) is 0 Å². The van der Waals surface area contributed by atoms with Crippen LogP contribution in [0.2, 0.25) is 0 Å². The van der Waals surface area contributed by atoms with Crippen LogP contribution < -0.4 is 0 Å². The van der Waals surface area contributed by atoms with E-state index < -0.39 is 6.16 Å². The van der Waals surface area contributed by atoms with E-state index in [9.17, 15) is 9.90 Å². The number of carbonyl (C=O) groups is 1. The van der Waals surface area contributed by atoms with Crippen LogP contribution in [0.25, 0.3) is 0 Å². The van der Waals surface area contributed by atoms with Crippen molar-refractivity contribution in [2.24, 2.45) is 0 Å². The molecule has 0 aromatic rings. The third-order valence-corrected chi connectivity index (χ3v) is 0.985. The molecule has 0 rings (SSSR count). The molecule has 10 heavy (non-hydrogen) atoms. The predicted octanol–water partition coefficient (Wildman–Crippen LogP) is 2.26. The zero-order valence-electron chi connectivity index (χ0n) is 6.00. The Morgan fingerprint density at radius 3 is 2.80 bits per heavy atom. The van der Waals surface area contributed by atoms with E-state index >= 15 is 0 Å². The van der Waals surface area contributed by atoms with Gasteiger partial charge in [0.05, 0.1) is 6.26 Å². The standard InChI is InChI=1S/C7H11O3/c1-2-3-4-5-6-10-7(8)9/h5-6H,2-4H2,1H3. The Morgan fingerprint density at radius 2 is 2.30 bits per heavy atom. The minimum Gasteiger partial charge on any atom is -0.401 e. The van der Waals surface area contributed by atoms with Crippen molar-refractivity contribution in [3.63, 3.8) is 0 Å². The Kier molecular flexibility index (Phi) is 5.53. The molecule has 0 aromatic heterocycles. The molecular weight excluding hydrogens is 132 g/mol. The minimum atomic E-state index is -1.51. The van der Waals surface area contributed by atoms with Crippen LogP contribution in [0.15, 0.2) is 12.3 Å². The first-order chi connectivity index (χ1) is 4.77. The van der Waals surface area contributed by atoms with E-state index in [0.29, 0.717) is 0 Å². The lowest BCUT2D eigenvalue weighted by Gasteiger charge is -1.87. The third kappa shape index (κ3) is 7.01. The van der Waals surface area contributed by atoms with E-state index in [1.807, 2.05) is 0 Å². The summed E-state index contributed by atoms with van der Waals surface area (Å²) in [7, 11) is 0. The van der Waals surface area contributed by atoms with Gasteiger partial charge in [0.25, 0.3) is 0 Å². The lowest BCUT2D eigenvalue weighted by Crippen LogP contribution is -1.88. The molecule has 0 aliphatic carbocycles. The van der Waals surface area contributed by atoms with Gasteiger partial charge in [-0.15, -0.1) is 0 Å². The van der Waals surface area contributed by atoms with Crippen molar-refractivity contribution in [2.75, 3.05) is 0 Å². The fourth-order valence-electron chi connectivity index (χ4n) is 0.494. The molecule has 0 unspecified atom stereocenters. The monoisotopic (exact) mass is 143 g/mol. The van der Waals surface area contributed by atoms with E-state index in [1.165, 1.54) is 0 Å². The third-order valence-electron chi connectivity index (χ3n) is 0.985. The molecule has 0 amide bonds. The average Bonchev–Trinajstić information content (AvgIpc) is 1.87. The van der Waals surface area contributed by atoms with Crippen molar-refractivity contribution < 1.29 is 14.6 Å². The van der Waals surface area contributed by atoms with Crippen LogP contribution in [0.1, 0.15) is 26.2 Å². The summed E-state index contributed by atoms with van der Waals surface area (Å²) in [6.45, 7) is 2.06. The number of allylic oxidation sites excluding steroid dienone is 1. The van der Waals surface area contributed by atoms with Crippen molar-refractivity contribution in [2.45, 2.75) is 26.2 Å². The molecule has 0 fully saturated rings. The molecule has 0 heterocycles. The molecule has 1 radical (unpaired) electrons. The van der Waals surface area contributed by atoms with Gasteiger partial charge in [0.1, 0.15) is 0 Å². The first-order valence-corrected chi connectivity index (χ1v) is 3.30. The summed E-state index contributed by atoms with van der Waals surface area (Å²) in [5.41, 5.74) is 0. The van der Waals surface area contributed by atoms with Gasteiger partial charge in [-0.1, -0.05) is 13.3 Å². The van der Waals surface area contributed by atoms with Crippen LogP contribution in [-0.2, 0) is 9.84 Å². The second-order valence-electron chi connectivity index (χ2n) is 1.88. The van der Waals surface area contributed by atoms with Gasteiger partial charge in [-0.3, -0.25) is 0 Å². The van der Waals surface area contributed by atoms with Gasteiger partial charge >= 0.3 is 6.16 Å². The summed E-state index contributed by atoms with van der Waals surface area (Å²) in [5, 5.41) is 9.65. The summed E-state index contributed by atoms with van der Waals surface area (Å²) in [6, 6.07) is 0. The molecule has 0 bridgehead atoms. The van der Waals surface area contributed by atoms with Crippen LogP contribution in [0.3, 0.4) is 0 Å². The van der Waals surface area contributed by atoms with Crippen LogP contribution in [0, 0.1) is 0 Å². The molecule has 57 valence electrons. The quantitative estimate of drug-likeness (QED) is 0.344. The summed E-state index contributed by atoms with van der Waals surface area (Å²) < 4.78 is 4.01. The normalized spacial score (nSPS) is 10.1. The number of carbonyl (C=O) groups excluding carboxylic acids is 1. The molecule has 0 saturated heterocycles. The highest BCUT2D eigenvalue weighted by atomic mass is 16.7. The Hall–Kier alpha value is -0.990. The van der Waals surface area contributed by atoms with Crippen LogP contribution in [0.4, 0.5) is 4.79 Å². The van der Waals surface area contributed by atoms with Crippen molar-refractivity contribution in [1.29, 1.82) is 0 Å². The molecule has 0 N–H and O–H groups in total. The van der Waals surface area contributed by atoms with Gasteiger partial charge in [0, 0.05) is 0 Å². The molecular formula is C7H11O3. The predicted molar refractivity (Wildman–Crippen MR) is 35.8 cm³/mol. The highest BCUT2D eigenvalue weighted by Gasteiger charge is 1.91. The number of rotatable bonds is 4.